The monoisotopic (exact) mass is 327 g/mol. The summed E-state index contributed by atoms with van der Waals surface area (Å²) in [6.07, 6.45) is 3.28. The van der Waals surface area contributed by atoms with E-state index in [1.807, 2.05) is 4.90 Å². The molecule has 1 unspecified atom stereocenters. The molecule has 1 fully saturated rings. The molecule has 0 N–H and O–H groups in total. The van der Waals surface area contributed by atoms with E-state index in [0.29, 0.717) is 16.7 Å². The molecule has 0 spiro atoms. The maximum atomic E-state index is 13.1. The van der Waals surface area contributed by atoms with Crippen LogP contribution in [-0.4, -0.2) is 29.6 Å². The summed E-state index contributed by atoms with van der Waals surface area (Å²) in [4.78, 5) is 14.8. The van der Waals surface area contributed by atoms with E-state index >= 15 is 0 Å². The number of nitrogens with zero attached hydrogens (tertiary/aromatic N) is 1. The van der Waals surface area contributed by atoms with Gasteiger partial charge in [-0.2, -0.15) is 0 Å². The highest BCUT2D eigenvalue weighted by Gasteiger charge is 2.22. The van der Waals surface area contributed by atoms with Crippen molar-refractivity contribution in [1.29, 1.82) is 0 Å². The van der Waals surface area contributed by atoms with Crippen molar-refractivity contribution >= 4 is 17.7 Å². The third kappa shape index (κ3) is 4.70. The van der Waals surface area contributed by atoms with Gasteiger partial charge in [0.15, 0.2) is 11.6 Å². The highest BCUT2D eigenvalue weighted by Crippen LogP contribution is 2.26. The van der Waals surface area contributed by atoms with E-state index in [-0.39, 0.29) is 11.7 Å². The lowest BCUT2D eigenvalue weighted by Crippen LogP contribution is -2.33. The van der Waals surface area contributed by atoms with Gasteiger partial charge < -0.3 is 4.90 Å². The van der Waals surface area contributed by atoms with E-state index in [2.05, 4.69) is 13.8 Å². The van der Waals surface area contributed by atoms with Gasteiger partial charge in [-0.05, 0) is 49.3 Å². The Hall–Kier alpha value is -1.10. The summed E-state index contributed by atoms with van der Waals surface area (Å²) < 4.78 is 26.0. The first kappa shape index (κ1) is 17.3. The Morgan fingerprint density at radius 3 is 2.73 bits per heavy atom. The Balaban J connectivity index is 1.85. The summed E-state index contributed by atoms with van der Waals surface area (Å²) in [5.41, 5.74) is 0. The number of hydrogen-bond acceptors (Lipinski definition) is 2. The first-order valence-corrected chi connectivity index (χ1v) is 8.81. The molecule has 22 heavy (non-hydrogen) atoms. The van der Waals surface area contributed by atoms with Crippen molar-refractivity contribution in [3.05, 3.63) is 29.8 Å². The smallest absolute Gasteiger partial charge is 0.232 e. The summed E-state index contributed by atoms with van der Waals surface area (Å²) in [5, 5.41) is 0. The van der Waals surface area contributed by atoms with Gasteiger partial charge >= 0.3 is 0 Å². The Bertz CT molecular complexity index is 521. The Morgan fingerprint density at radius 1 is 1.27 bits per heavy atom. The molecule has 2 nitrogen and oxygen atoms in total. The van der Waals surface area contributed by atoms with Crippen molar-refractivity contribution in [3.63, 3.8) is 0 Å². The van der Waals surface area contributed by atoms with E-state index in [0.717, 1.165) is 38.1 Å². The second-order valence-electron chi connectivity index (χ2n) is 6.18. The van der Waals surface area contributed by atoms with Crippen molar-refractivity contribution in [3.8, 4) is 0 Å². The average molecular weight is 327 g/mol. The lowest BCUT2D eigenvalue weighted by atomic mass is 9.89. The normalized spacial score (nSPS) is 19.3. The fourth-order valence-corrected chi connectivity index (χ4v) is 3.66. The minimum absolute atomic E-state index is 0.0825. The summed E-state index contributed by atoms with van der Waals surface area (Å²) in [5.74, 6) is -0.0189. The van der Waals surface area contributed by atoms with Crippen LogP contribution < -0.4 is 0 Å². The Labute approximate surface area is 135 Å². The van der Waals surface area contributed by atoms with Crippen LogP contribution in [0.25, 0.3) is 0 Å². The van der Waals surface area contributed by atoms with Crippen LogP contribution in [-0.2, 0) is 4.79 Å². The van der Waals surface area contributed by atoms with Gasteiger partial charge in [0.1, 0.15) is 0 Å². The number of halogens is 2. The molecule has 0 radical (unpaired) electrons. The van der Waals surface area contributed by atoms with E-state index in [4.69, 9.17) is 0 Å². The fraction of sp³-hybridized carbons (Fsp3) is 0.588. The van der Waals surface area contributed by atoms with Crippen molar-refractivity contribution in [2.45, 2.75) is 38.0 Å². The zero-order valence-corrected chi connectivity index (χ0v) is 14.0. The number of benzene rings is 1. The maximum Gasteiger partial charge on any atom is 0.232 e. The van der Waals surface area contributed by atoms with Crippen LogP contribution in [0.5, 0.6) is 0 Å². The van der Waals surface area contributed by atoms with Crippen LogP contribution in [0.3, 0.4) is 0 Å². The number of hydrogen-bond donors (Lipinski definition) is 0. The van der Waals surface area contributed by atoms with Gasteiger partial charge in [0, 0.05) is 18.0 Å². The molecular weight excluding hydrogens is 304 g/mol. The van der Waals surface area contributed by atoms with E-state index < -0.39 is 11.6 Å². The predicted molar refractivity (Wildman–Crippen MR) is 85.8 cm³/mol. The van der Waals surface area contributed by atoms with Crippen molar-refractivity contribution in [2.24, 2.45) is 11.8 Å². The molecule has 1 amide bonds. The van der Waals surface area contributed by atoms with E-state index in [9.17, 15) is 13.6 Å². The molecule has 1 atom stereocenters. The number of likely N-dealkylation sites (tertiary alicyclic amines) is 1. The SMILES string of the molecule is CC(C)C1CCCN(C(=O)CSc2ccc(F)c(F)c2)CC1. The number of carbonyl (C=O) groups excluding carboxylic acids is 1. The van der Waals surface area contributed by atoms with Crippen LogP contribution in [0, 0.1) is 23.5 Å². The molecule has 1 heterocycles. The first-order chi connectivity index (χ1) is 10.5. The van der Waals surface area contributed by atoms with Gasteiger partial charge in [-0.1, -0.05) is 13.8 Å². The van der Waals surface area contributed by atoms with Crippen molar-refractivity contribution in [2.75, 3.05) is 18.8 Å². The molecule has 1 aromatic rings. The standard InChI is InChI=1S/C17H23F2NOS/c1-12(2)13-4-3-8-20(9-7-13)17(21)11-22-14-5-6-15(18)16(19)10-14/h5-6,10,12-13H,3-4,7-9,11H2,1-2H3. The summed E-state index contributed by atoms with van der Waals surface area (Å²) in [6, 6.07) is 3.75. The van der Waals surface area contributed by atoms with Crippen LogP contribution in [0.4, 0.5) is 8.78 Å². The minimum Gasteiger partial charge on any atom is -0.342 e. The molecule has 122 valence electrons. The van der Waals surface area contributed by atoms with E-state index in [1.165, 1.54) is 24.2 Å². The molecule has 1 aliphatic rings. The molecule has 5 heteroatoms. The Morgan fingerprint density at radius 2 is 2.05 bits per heavy atom. The maximum absolute atomic E-state index is 13.1. The highest BCUT2D eigenvalue weighted by atomic mass is 32.2. The molecule has 1 saturated heterocycles. The molecule has 0 saturated carbocycles. The number of carbonyl (C=O) groups is 1. The molecule has 0 aromatic heterocycles. The largest absolute Gasteiger partial charge is 0.342 e. The molecule has 1 aromatic carbocycles. The lowest BCUT2D eigenvalue weighted by molar-refractivity contribution is -0.128. The van der Waals surface area contributed by atoms with Gasteiger partial charge in [0.25, 0.3) is 0 Å². The second kappa shape index (κ2) is 7.95. The van der Waals surface area contributed by atoms with Gasteiger partial charge in [-0.15, -0.1) is 11.8 Å². The quantitative estimate of drug-likeness (QED) is 0.767. The van der Waals surface area contributed by atoms with Gasteiger partial charge in [0.05, 0.1) is 5.75 Å². The topological polar surface area (TPSA) is 20.3 Å². The number of thioether (sulfide) groups is 1. The van der Waals surface area contributed by atoms with Gasteiger partial charge in [-0.3, -0.25) is 4.79 Å². The lowest BCUT2D eigenvalue weighted by Gasteiger charge is -2.21. The molecule has 1 aliphatic heterocycles. The van der Waals surface area contributed by atoms with Crippen LogP contribution >= 0.6 is 11.8 Å². The van der Waals surface area contributed by atoms with Crippen molar-refractivity contribution < 1.29 is 13.6 Å². The third-order valence-corrected chi connectivity index (χ3v) is 5.30. The molecular formula is C17H23F2NOS. The fourth-order valence-electron chi connectivity index (χ4n) is 2.84. The average Bonchev–Trinajstić information content (AvgIpc) is 2.74. The predicted octanol–water partition coefficient (Wildman–Crippen LogP) is 4.34. The van der Waals surface area contributed by atoms with Crippen LogP contribution in [0.1, 0.15) is 33.1 Å². The first-order valence-electron chi connectivity index (χ1n) is 7.83. The third-order valence-electron chi connectivity index (χ3n) is 4.32. The summed E-state index contributed by atoms with van der Waals surface area (Å²) in [6.45, 7) is 6.09. The van der Waals surface area contributed by atoms with Gasteiger partial charge in [0.2, 0.25) is 5.91 Å². The number of rotatable bonds is 4. The van der Waals surface area contributed by atoms with Crippen LogP contribution in [0.15, 0.2) is 23.1 Å². The zero-order valence-electron chi connectivity index (χ0n) is 13.1. The number of amides is 1. The highest BCUT2D eigenvalue weighted by molar-refractivity contribution is 8.00. The van der Waals surface area contributed by atoms with Gasteiger partial charge in [-0.25, -0.2) is 8.78 Å². The van der Waals surface area contributed by atoms with Crippen molar-refractivity contribution in [1.82, 2.24) is 4.90 Å². The Kier molecular flexibility index (Phi) is 6.24. The molecule has 0 bridgehead atoms. The summed E-state index contributed by atoms with van der Waals surface area (Å²) >= 11 is 1.26. The zero-order chi connectivity index (χ0) is 16.1. The minimum atomic E-state index is -0.869. The summed E-state index contributed by atoms with van der Waals surface area (Å²) in [7, 11) is 0. The molecule has 2 rings (SSSR count). The molecule has 0 aliphatic carbocycles. The van der Waals surface area contributed by atoms with E-state index in [1.54, 1.807) is 0 Å². The van der Waals surface area contributed by atoms with Crippen LogP contribution in [0.2, 0.25) is 0 Å². The second-order valence-corrected chi connectivity index (χ2v) is 7.23.